The lowest BCUT2D eigenvalue weighted by Gasteiger charge is -2.15. The molecule has 0 N–H and O–H groups in total. The zero-order valence-corrected chi connectivity index (χ0v) is 10.5. The van der Waals surface area contributed by atoms with Gasteiger partial charge in [-0.2, -0.15) is 0 Å². The van der Waals surface area contributed by atoms with Crippen LogP contribution in [-0.2, 0) is 0 Å². The van der Waals surface area contributed by atoms with Crippen LogP contribution in [-0.4, -0.2) is 17.9 Å². The van der Waals surface area contributed by atoms with E-state index >= 15 is 0 Å². The quantitative estimate of drug-likeness (QED) is 0.733. The van der Waals surface area contributed by atoms with E-state index in [2.05, 4.69) is 4.98 Å². The molecule has 4 nitrogen and oxygen atoms in total. The van der Waals surface area contributed by atoms with Crippen LogP contribution in [0.4, 0.5) is 5.69 Å². The summed E-state index contributed by atoms with van der Waals surface area (Å²) in [5.74, 6) is 1.08. The lowest BCUT2D eigenvalue weighted by molar-refractivity contribution is 0.0993. The molecule has 2 heterocycles. The van der Waals surface area contributed by atoms with Gasteiger partial charge in [-0.25, -0.2) is 0 Å². The maximum absolute atomic E-state index is 12.2. The van der Waals surface area contributed by atoms with E-state index in [1.807, 2.05) is 12.1 Å². The summed E-state index contributed by atoms with van der Waals surface area (Å²) in [4.78, 5) is 17.8. The first-order chi connectivity index (χ1) is 8.27. The third-order valence-electron chi connectivity index (χ3n) is 2.77. The van der Waals surface area contributed by atoms with Gasteiger partial charge in [-0.15, -0.1) is 12.4 Å². The van der Waals surface area contributed by atoms with E-state index in [0.717, 1.165) is 5.69 Å². The van der Waals surface area contributed by atoms with Gasteiger partial charge in [0.15, 0.2) is 5.75 Å². The third-order valence-corrected chi connectivity index (χ3v) is 2.77. The van der Waals surface area contributed by atoms with Gasteiger partial charge in [0.25, 0.3) is 5.91 Å². The highest BCUT2D eigenvalue weighted by Gasteiger charge is 2.24. The standard InChI is InChI=1S/C13H10N2O2.ClH/c1-15-10-6-7-14-8-12(10)17-11-5-3-2-4-9(11)13(15)16;/h2-8H,1H3;1H. The van der Waals surface area contributed by atoms with Gasteiger partial charge in [0.1, 0.15) is 5.75 Å². The van der Waals surface area contributed by atoms with Crippen molar-refractivity contribution in [3.8, 4) is 11.5 Å². The Labute approximate surface area is 111 Å². The zero-order valence-electron chi connectivity index (χ0n) is 9.66. The second-order valence-corrected chi connectivity index (χ2v) is 3.81. The van der Waals surface area contributed by atoms with Gasteiger partial charge in [-0.3, -0.25) is 9.78 Å². The minimum Gasteiger partial charge on any atom is -0.453 e. The Morgan fingerprint density at radius 2 is 1.94 bits per heavy atom. The fraction of sp³-hybridized carbons (Fsp3) is 0.0769. The van der Waals surface area contributed by atoms with Gasteiger partial charge in [0, 0.05) is 13.2 Å². The second-order valence-electron chi connectivity index (χ2n) is 3.81. The lowest BCUT2D eigenvalue weighted by atomic mass is 10.2. The second kappa shape index (κ2) is 4.66. The molecule has 3 rings (SSSR count). The van der Waals surface area contributed by atoms with Gasteiger partial charge in [0.2, 0.25) is 0 Å². The number of hydrogen-bond acceptors (Lipinski definition) is 3. The first-order valence-electron chi connectivity index (χ1n) is 5.26. The molecule has 92 valence electrons. The average Bonchev–Trinajstić information content (AvgIpc) is 2.48. The predicted octanol–water partition coefficient (Wildman–Crippen LogP) is 2.89. The molecule has 1 aliphatic heterocycles. The summed E-state index contributed by atoms with van der Waals surface area (Å²) in [6, 6.07) is 8.96. The highest BCUT2D eigenvalue weighted by atomic mass is 35.5. The predicted molar refractivity (Wildman–Crippen MR) is 70.7 cm³/mol. The molecule has 0 bridgehead atoms. The third kappa shape index (κ3) is 1.80. The molecule has 0 saturated carbocycles. The van der Waals surface area contributed by atoms with E-state index in [9.17, 15) is 4.79 Å². The van der Waals surface area contributed by atoms with Crippen LogP contribution in [0.1, 0.15) is 10.4 Å². The van der Waals surface area contributed by atoms with Crippen molar-refractivity contribution < 1.29 is 9.53 Å². The van der Waals surface area contributed by atoms with Crippen LogP contribution in [0, 0.1) is 0 Å². The molecule has 0 saturated heterocycles. The minimum absolute atomic E-state index is 0. The number of ether oxygens (including phenoxy) is 1. The molecule has 1 aromatic carbocycles. The number of anilines is 1. The molecule has 0 radical (unpaired) electrons. The summed E-state index contributed by atoms with van der Waals surface area (Å²) in [5, 5.41) is 0. The van der Waals surface area contributed by atoms with Crippen molar-refractivity contribution in [1.82, 2.24) is 4.98 Å². The van der Waals surface area contributed by atoms with Crippen molar-refractivity contribution in [1.29, 1.82) is 0 Å². The first kappa shape index (κ1) is 12.4. The SMILES string of the molecule is CN1C(=O)c2ccccc2Oc2cnccc21.Cl. The van der Waals surface area contributed by atoms with Crippen LogP contribution in [0.15, 0.2) is 42.7 Å². The summed E-state index contributed by atoms with van der Waals surface area (Å²) >= 11 is 0. The minimum atomic E-state index is -0.0782. The van der Waals surface area contributed by atoms with E-state index in [-0.39, 0.29) is 18.3 Å². The summed E-state index contributed by atoms with van der Waals surface area (Å²) in [5.41, 5.74) is 1.28. The molecule has 5 heteroatoms. The monoisotopic (exact) mass is 262 g/mol. The van der Waals surface area contributed by atoms with E-state index in [4.69, 9.17) is 4.74 Å². The Kier molecular flexibility index (Phi) is 3.21. The maximum Gasteiger partial charge on any atom is 0.261 e. The van der Waals surface area contributed by atoms with Crippen LogP contribution in [0.3, 0.4) is 0 Å². The maximum atomic E-state index is 12.2. The largest absolute Gasteiger partial charge is 0.453 e. The van der Waals surface area contributed by atoms with Gasteiger partial charge in [-0.1, -0.05) is 12.1 Å². The molecule has 1 aromatic heterocycles. The molecular formula is C13H11ClN2O2. The van der Waals surface area contributed by atoms with E-state index < -0.39 is 0 Å². The van der Waals surface area contributed by atoms with Crippen LogP contribution in [0.5, 0.6) is 11.5 Å². The average molecular weight is 263 g/mol. The lowest BCUT2D eigenvalue weighted by Crippen LogP contribution is -2.25. The fourth-order valence-corrected chi connectivity index (χ4v) is 1.87. The van der Waals surface area contributed by atoms with Gasteiger partial charge >= 0.3 is 0 Å². The summed E-state index contributed by atoms with van der Waals surface area (Å²) < 4.78 is 5.72. The van der Waals surface area contributed by atoms with Crippen LogP contribution in [0.25, 0.3) is 0 Å². The number of pyridine rings is 1. The van der Waals surface area contributed by atoms with E-state index in [0.29, 0.717) is 17.1 Å². The number of benzene rings is 1. The summed E-state index contributed by atoms with van der Waals surface area (Å²) in [6.07, 6.45) is 3.25. The number of hydrogen-bond donors (Lipinski definition) is 0. The molecule has 0 atom stereocenters. The van der Waals surface area contributed by atoms with Crippen molar-refractivity contribution in [2.45, 2.75) is 0 Å². The van der Waals surface area contributed by atoms with E-state index in [1.165, 1.54) is 0 Å². The molecule has 0 spiro atoms. The normalized spacial score (nSPS) is 12.7. The zero-order chi connectivity index (χ0) is 11.8. The number of para-hydroxylation sites is 1. The molecule has 2 aromatic rings. The van der Waals surface area contributed by atoms with Crippen molar-refractivity contribution in [3.05, 3.63) is 48.3 Å². The molecular weight excluding hydrogens is 252 g/mol. The van der Waals surface area contributed by atoms with Crippen molar-refractivity contribution in [2.24, 2.45) is 0 Å². The Balaban J connectivity index is 0.00000120. The highest BCUT2D eigenvalue weighted by Crippen LogP contribution is 2.36. The number of fused-ring (bicyclic) bond motifs is 2. The van der Waals surface area contributed by atoms with Crippen LogP contribution >= 0.6 is 12.4 Å². The summed E-state index contributed by atoms with van der Waals surface area (Å²) in [7, 11) is 1.73. The molecule has 1 amide bonds. The Hall–Kier alpha value is -2.07. The molecule has 0 fully saturated rings. The molecule has 0 aliphatic carbocycles. The number of carbonyl (C=O) groups is 1. The van der Waals surface area contributed by atoms with Gasteiger partial charge in [0.05, 0.1) is 17.4 Å². The highest BCUT2D eigenvalue weighted by molar-refractivity contribution is 6.09. The topological polar surface area (TPSA) is 42.4 Å². The number of amides is 1. The Morgan fingerprint density at radius 1 is 1.17 bits per heavy atom. The first-order valence-corrected chi connectivity index (χ1v) is 5.26. The van der Waals surface area contributed by atoms with Gasteiger partial charge < -0.3 is 9.64 Å². The Morgan fingerprint density at radius 3 is 2.78 bits per heavy atom. The number of rotatable bonds is 0. The number of nitrogens with zero attached hydrogens (tertiary/aromatic N) is 2. The number of halogens is 1. The number of carbonyl (C=O) groups excluding carboxylic acids is 1. The Bertz CT molecular complexity index is 601. The van der Waals surface area contributed by atoms with E-state index in [1.54, 1.807) is 42.5 Å². The molecule has 1 aliphatic rings. The van der Waals surface area contributed by atoms with Crippen molar-refractivity contribution in [3.63, 3.8) is 0 Å². The van der Waals surface area contributed by atoms with Gasteiger partial charge in [-0.05, 0) is 18.2 Å². The molecule has 0 unspecified atom stereocenters. The fourth-order valence-electron chi connectivity index (χ4n) is 1.87. The number of aromatic nitrogens is 1. The van der Waals surface area contributed by atoms with Crippen molar-refractivity contribution >= 4 is 24.0 Å². The smallest absolute Gasteiger partial charge is 0.261 e. The summed E-state index contributed by atoms with van der Waals surface area (Å²) in [6.45, 7) is 0. The molecule has 18 heavy (non-hydrogen) atoms. The van der Waals surface area contributed by atoms with Crippen molar-refractivity contribution in [2.75, 3.05) is 11.9 Å². The van der Waals surface area contributed by atoms with Crippen LogP contribution < -0.4 is 9.64 Å². The van der Waals surface area contributed by atoms with Crippen LogP contribution in [0.2, 0.25) is 0 Å².